The summed E-state index contributed by atoms with van der Waals surface area (Å²) in [5, 5.41) is 2.17. The molecule has 0 radical (unpaired) electrons. The van der Waals surface area contributed by atoms with E-state index < -0.39 is 3.79 Å². The lowest BCUT2D eigenvalue weighted by Gasteiger charge is -2.08. The molecule has 2 aromatic heterocycles. The van der Waals surface area contributed by atoms with Crippen molar-refractivity contribution in [3.63, 3.8) is 0 Å². The molecule has 0 aromatic carbocycles. The molecule has 0 unspecified atom stereocenters. The number of alkyl halides is 3. The molecule has 0 aliphatic heterocycles. The van der Waals surface area contributed by atoms with Crippen molar-refractivity contribution in [3.8, 4) is 0 Å². The molecular formula is C7H2Cl4N2S. The van der Waals surface area contributed by atoms with E-state index in [9.17, 15) is 0 Å². The third-order valence-corrected chi connectivity index (χ3v) is 3.32. The Morgan fingerprint density at radius 2 is 1.93 bits per heavy atom. The van der Waals surface area contributed by atoms with Crippen molar-refractivity contribution in [2.45, 2.75) is 3.79 Å². The molecule has 14 heavy (non-hydrogen) atoms. The zero-order valence-electron chi connectivity index (χ0n) is 6.47. The Kier molecular flexibility index (Phi) is 2.79. The van der Waals surface area contributed by atoms with E-state index in [0.29, 0.717) is 10.7 Å². The molecule has 74 valence electrons. The van der Waals surface area contributed by atoms with Crippen molar-refractivity contribution in [2.75, 3.05) is 0 Å². The van der Waals surface area contributed by atoms with Crippen LogP contribution in [0.5, 0.6) is 0 Å². The molecule has 0 saturated heterocycles. The summed E-state index contributed by atoms with van der Waals surface area (Å²) in [7, 11) is 0. The predicted molar refractivity (Wildman–Crippen MR) is 61.7 cm³/mol. The minimum atomic E-state index is -1.64. The van der Waals surface area contributed by atoms with Crippen LogP contribution in [0.2, 0.25) is 5.15 Å². The van der Waals surface area contributed by atoms with Crippen LogP contribution in [0, 0.1) is 0 Å². The molecule has 2 heterocycles. The number of rotatable bonds is 0. The van der Waals surface area contributed by atoms with Crippen molar-refractivity contribution >= 4 is 68.0 Å². The largest absolute Gasteiger partial charge is 0.250 e. The van der Waals surface area contributed by atoms with Gasteiger partial charge in [-0.1, -0.05) is 46.4 Å². The average molecular weight is 288 g/mol. The van der Waals surface area contributed by atoms with E-state index >= 15 is 0 Å². The summed E-state index contributed by atoms with van der Waals surface area (Å²) < 4.78 is -0.843. The number of thiophene rings is 1. The summed E-state index contributed by atoms with van der Waals surface area (Å²) >= 11 is 24.3. The van der Waals surface area contributed by atoms with E-state index in [1.54, 1.807) is 6.07 Å². The molecule has 0 aliphatic rings. The summed E-state index contributed by atoms with van der Waals surface area (Å²) in [4.78, 5) is 8.00. The maximum Gasteiger partial charge on any atom is 0.250 e. The molecule has 0 amide bonds. The van der Waals surface area contributed by atoms with Crippen LogP contribution in [0.4, 0.5) is 0 Å². The van der Waals surface area contributed by atoms with E-state index in [-0.39, 0.29) is 5.82 Å². The number of hydrogen-bond donors (Lipinski definition) is 0. The third kappa shape index (κ3) is 1.92. The number of hydrogen-bond acceptors (Lipinski definition) is 3. The Bertz CT molecular complexity index is 476. The van der Waals surface area contributed by atoms with Crippen LogP contribution in [0.15, 0.2) is 11.4 Å². The van der Waals surface area contributed by atoms with Gasteiger partial charge in [-0.15, -0.1) is 11.3 Å². The summed E-state index contributed by atoms with van der Waals surface area (Å²) in [5.41, 5.74) is 0.691. The van der Waals surface area contributed by atoms with Gasteiger partial charge < -0.3 is 0 Å². The molecule has 0 N–H and O–H groups in total. The molecule has 2 rings (SSSR count). The first-order valence-electron chi connectivity index (χ1n) is 3.46. The molecular weight excluding hydrogens is 286 g/mol. The monoisotopic (exact) mass is 286 g/mol. The van der Waals surface area contributed by atoms with Gasteiger partial charge >= 0.3 is 0 Å². The van der Waals surface area contributed by atoms with Crippen LogP contribution >= 0.6 is 57.7 Å². The topological polar surface area (TPSA) is 25.8 Å². The first-order valence-corrected chi connectivity index (χ1v) is 5.85. The minimum absolute atomic E-state index is 0.0957. The lowest BCUT2D eigenvalue weighted by Crippen LogP contribution is -2.06. The predicted octanol–water partition coefficient (Wildman–Crippen LogP) is 4.17. The molecule has 0 saturated carbocycles. The molecule has 0 fully saturated rings. The van der Waals surface area contributed by atoms with Crippen molar-refractivity contribution in [3.05, 3.63) is 22.4 Å². The Morgan fingerprint density at radius 1 is 1.21 bits per heavy atom. The average Bonchev–Trinajstić information content (AvgIpc) is 2.50. The smallest absolute Gasteiger partial charge is 0.227 e. The van der Waals surface area contributed by atoms with Gasteiger partial charge in [-0.05, 0) is 11.4 Å². The van der Waals surface area contributed by atoms with E-state index in [1.807, 2.05) is 5.38 Å². The third-order valence-electron chi connectivity index (χ3n) is 1.52. The highest BCUT2D eigenvalue weighted by Gasteiger charge is 2.27. The van der Waals surface area contributed by atoms with Gasteiger partial charge in [0.1, 0.15) is 0 Å². The molecule has 0 bridgehead atoms. The zero-order chi connectivity index (χ0) is 10.3. The maximum absolute atomic E-state index is 5.89. The molecule has 0 atom stereocenters. The second kappa shape index (κ2) is 3.65. The fourth-order valence-electron chi connectivity index (χ4n) is 0.955. The lowest BCUT2D eigenvalue weighted by molar-refractivity contribution is 0.999. The maximum atomic E-state index is 5.89. The lowest BCUT2D eigenvalue weighted by atomic mass is 10.4. The van der Waals surface area contributed by atoms with Gasteiger partial charge in [-0.3, -0.25) is 0 Å². The quantitative estimate of drug-likeness (QED) is 0.537. The van der Waals surface area contributed by atoms with Gasteiger partial charge in [-0.2, -0.15) is 0 Å². The van der Waals surface area contributed by atoms with Gasteiger partial charge in [0, 0.05) is 0 Å². The van der Waals surface area contributed by atoms with Crippen LogP contribution in [0.25, 0.3) is 10.2 Å². The van der Waals surface area contributed by atoms with Gasteiger partial charge in [0.25, 0.3) is 0 Å². The highest BCUT2D eigenvalue weighted by molar-refractivity contribution is 7.17. The van der Waals surface area contributed by atoms with Crippen LogP contribution < -0.4 is 0 Å². The van der Waals surface area contributed by atoms with Crippen molar-refractivity contribution in [1.29, 1.82) is 0 Å². The van der Waals surface area contributed by atoms with Crippen molar-refractivity contribution < 1.29 is 0 Å². The van der Waals surface area contributed by atoms with Crippen LogP contribution in [0.3, 0.4) is 0 Å². The van der Waals surface area contributed by atoms with E-state index in [4.69, 9.17) is 46.4 Å². The summed E-state index contributed by atoms with van der Waals surface area (Å²) in [6, 6.07) is 1.80. The normalized spacial score (nSPS) is 12.3. The van der Waals surface area contributed by atoms with Crippen LogP contribution in [0.1, 0.15) is 5.82 Å². The number of nitrogens with zero attached hydrogens (tertiary/aromatic N) is 2. The fraction of sp³-hybridized carbons (Fsp3) is 0.143. The minimum Gasteiger partial charge on any atom is -0.227 e. The SMILES string of the molecule is Clc1nc(C(Cl)(Cl)Cl)nc2ccsc12. The van der Waals surface area contributed by atoms with Gasteiger partial charge in [0.05, 0.1) is 10.2 Å². The molecule has 2 aromatic rings. The Balaban J connectivity index is 2.70. The fourth-order valence-corrected chi connectivity index (χ4v) is 2.23. The van der Waals surface area contributed by atoms with E-state index in [2.05, 4.69) is 9.97 Å². The van der Waals surface area contributed by atoms with Gasteiger partial charge in [-0.25, -0.2) is 9.97 Å². The second-order valence-electron chi connectivity index (χ2n) is 2.47. The van der Waals surface area contributed by atoms with Gasteiger partial charge in [0.15, 0.2) is 11.0 Å². The number of fused-ring (bicyclic) bond motifs is 1. The summed E-state index contributed by atoms with van der Waals surface area (Å²) in [5.74, 6) is 0.0957. The zero-order valence-corrected chi connectivity index (χ0v) is 10.3. The first-order chi connectivity index (χ1) is 6.48. The van der Waals surface area contributed by atoms with Crippen LogP contribution in [-0.2, 0) is 3.79 Å². The number of aromatic nitrogens is 2. The Morgan fingerprint density at radius 3 is 2.57 bits per heavy atom. The highest BCUT2D eigenvalue weighted by atomic mass is 35.6. The van der Waals surface area contributed by atoms with E-state index in [0.717, 1.165) is 4.70 Å². The number of halogens is 4. The second-order valence-corrected chi connectivity index (χ2v) is 6.03. The summed E-state index contributed by atoms with van der Waals surface area (Å²) in [6.07, 6.45) is 0. The van der Waals surface area contributed by atoms with Gasteiger partial charge in [0.2, 0.25) is 3.79 Å². The first kappa shape index (κ1) is 10.7. The Hall–Kier alpha value is 0.200. The van der Waals surface area contributed by atoms with E-state index in [1.165, 1.54) is 11.3 Å². The van der Waals surface area contributed by atoms with Crippen molar-refractivity contribution in [1.82, 2.24) is 9.97 Å². The molecule has 2 nitrogen and oxygen atoms in total. The molecule has 0 aliphatic carbocycles. The highest BCUT2D eigenvalue weighted by Crippen LogP contribution is 2.38. The van der Waals surface area contributed by atoms with Crippen molar-refractivity contribution in [2.24, 2.45) is 0 Å². The van der Waals surface area contributed by atoms with Crippen LogP contribution in [-0.4, -0.2) is 9.97 Å². The standard InChI is InChI=1S/C7H2Cl4N2S/c8-5-4-3(1-2-14-4)12-6(13-5)7(9,10)11/h1-2H. The molecule has 0 spiro atoms. The molecule has 7 heteroatoms. The summed E-state index contributed by atoms with van der Waals surface area (Å²) in [6.45, 7) is 0. The Labute approximate surface area is 104 Å².